The highest BCUT2D eigenvalue weighted by molar-refractivity contribution is 5.77. The Morgan fingerprint density at radius 2 is 2.25 bits per heavy atom. The van der Waals surface area contributed by atoms with Crippen molar-refractivity contribution in [2.45, 2.75) is 25.7 Å². The summed E-state index contributed by atoms with van der Waals surface area (Å²) >= 11 is 0. The molecule has 3 N–H and O–H groups in total. The van der Waals surface area contributed by atoms with Gasteiger partial charge in [-0.25, -0.2) is 0 Å². The van der Waals surface area contributed by atoms with Crippen LogP contribution in [0.3, 0.4) is 0 Å². The van der Waals surface area contributed by atoms with Crippen LogP contribution in [-0.4, -0.2) is 19.0 Å². The molecule has 2 rings (SSSR count). The molecule has 0 aromatic rings. The second-order valence-electron chi connectivity index (χ2n) is 4.29. The molecule has 3 heteroatoms. The highest BCUT2D eigenvalue weighted by Crippen LogP contribution is 2.49. The fraction of sp³-hybridized carbons (Fsp3) is 0.889. The van der Waals surface area contributed by atoms with Crippen LogP contribution >= 0.6 is 0 Å². The number of nitrogens with two attached hydrogens (primary N) is 1. The molecular weight excluding hydrogens is 152 g/mol. The lowest BCUT2D eigenvalue weighted by atomic mass is 9.58. The van der Waals surface area contributed by atoms with Crippen LogP contribution in [0, 0.1) is 11.3 Å². The van der Waals surface area contributed by atoms with Crippen molar-refractivity contribution >= 4 is 5.91 Å². The monoisotopic (exact) mass is 168 g/mol. The normalized spacial score (nSPS) is 40.8. The maximum Gasteiger partial charge on any atom is 0.220 e. The zero-order valence-electron chi connectivity index (χ0n) is 7.31. The summed E-state index contributed by atoms with van der Waals surface area (Å²) in [6.07, 6.45) is 4.58. The zero-order chi connectivity index (χ0) is 8.60. The minimum Gasteiger partial charge on any atom is -0.369 e. The molecule has 12 heavy (non-hydrogen) atoms. The summed E-state index contributed by atoms with van der Waals surface area (Å²) in [5.74, 6) is 0.0658. The first kappa shape index (κ1) is 8.05. The largest absolute Gasteiger partial charge is 0.369 e. The fourth-order valence-corrected chi connectivity index (χ4v) is 2.57. The van der Waals surface area contributed by atoms with E-state index in [4.69, 9.17) is 5.73 Å². The van der Waals surface area contributed by atoms with E-state index in [1.807, 2.05) is 0 Å². The van der Waals surface area contributed by atoms with E-state index in [0.717, 1.165) is 25.9 Å². The third-order valence-corrected chi connectivity index (χ3v) is 3.32. The van der Waals surface area contributed by atoms with Crippen LogP contribution in [-0.2, 0) is 4.79 Å². The van der Waals surface area contributed by atoms with E-state index in [0.29, 0.717) is 5.41 Å². The Hall–Kier alpha value is -0.570. The van der Waals surface area contributed by atoms with Crippen molar-refractivity contribution in [3.63, 3.8) is 0 Å². The van der Waals surface area contributed by atoms with Crippen molar-refractivity contribution < 1.29 is 4.79 Å². The summed E-state index contributed by atoms with van der Waals surface area (Å²) in [7, 11) is 0. The van der Waals surface area contributed by atoms with Gasteiger partial charge in [0, 0.05) is 12.5 Å². The highest BCUT2D eigenvalue weighted by Gasteiger charge is 2.46. The summed E-state index contributed by atoms with van der Waals surface area (Å²) < 4.78 is 0. The van der Waals surface area contributed by atoms with Gasteiger partial charge in [-0.05, 0) is 37.6 Å². The van der Waals surface area contributed by atoms with E-state index in [1.165, 1.54) is 12.8 Å². The quantitative estimate of drug-likeness (QED) is 0.589. The Labute approximate surface area is 72.7 Å². The molecule has 2 aliphatic rings. The summed E-state index contributed by atoms with van der Waals surface area (Å²) in [5, 5.41) is 3.38. The van der Waals surface area contributed by atoms with E-state index in [2.05, 4.69) is 5.32 Å². The standard InChI is InChI=1S/C9H16N2O/c10-8(12)7-4-9(5-7)2-1-3-11-6-9/h7,11H,1-6H2,(H2,10,12). The zero-order valence-corrected chi connectivity index (χ0v) is 7.31. The second kappa shape index (κ2) is 2.73. The predicted octanol–water partition coefficient (Wildman–Crippen LogP) is 0.251. The molecule has 3 nitrogen and oxygen atoms in total. The number of amides is 1. The first-order valence-electron chi connectivity index (χ1n) is 4.72. The Morgan fingerprint density at radius 3 is 2.75 bits per heavy atom. The number of carbonyl (C=O) groups excluding carboxylic acids is 1. The second-order valence-corrected chi connectivity index (χ2v) is 4.29. The summed E-state index contributed by atoms with van der Waals surface area (Å²) in [5.41, 5.74) is 5.67. The van der Waals surface area contributed by atoms with Crippen LogP contribution in [0.5, 0.6) is 0 Å². The number of nitrogens with one attached hydrogen (secondary N) is 1. The average Bonchev–Trinajstić information content (AvgIpc) is 2.01. The number of hydrogen-bond acceptors (Lipinski definition) is 2. The molecule has 2 fully saturated rings. The molecule has 1 saturated heterocycles. The van der Waals surface area contributed by atoms with Crippen LogP contribution in [0.25, 0.3) is 0 Å². The van der Waals surface area contributed by atoms with Gasteiger partial charge in [-0.3, -0.25) is 4.79 Å². The molecular formula is C9H16N2O. The van der Waals surface area contributed by atoms with Crippen LogP contribution in [0.15, 0.2) is 0 Å². The van der Waals surface area contributed by atoms with E-state index in [-0.39, 0.29) is 11.8 Å². The van der Waals surface area contributed by atoms with Gasteiger partial charge >= 0.3 is 0 Å². The van der Waals surface area contributed by atoms with Gasteiger partial charge in [0.1, 0.15) is 0 Å². The lowest BCUT2D eigenvalue weighted by Crippen LogP contribution is -2.51. The Balaban J connectivity index is 1.88. The minimum absolute atomic E-state index is 0.105. The van der Waals surface area contributed by atoms with Crippen LogP contribution < -0.4 is 11.1 Å². The molecule has 1 saturated carbocycles. The Kier molecular flexibility index (Phi) is 1.83. The molecule has 0 unspecified atom stereocenters. The number of primary amides is 1. The van der Waals surface area contributed by atoms with Crippen molar-refractivity contribution in [3.05, 3.63) is 0 Å². The van der Waals surface area contributed by atoms with Crippen molar-refractivity contribution in [1.82, 2.24) is 5.32 Å². The molecule has 1 spiro atoms. The Bertz CT molecular complexity index is 189. The molecule has 1 amide bonds. The van der Waals surface area contributed by atoms with Gasteiger partial charge in [0.25, 0.3) is 0 Å². The molecule has 0 radical (unpaired) electrons. The number of rotatable bonds is 1. The molecule has 0 aromatic heterocycles. The smallest absolute Gasteiger partial charge is 0.220 e. The molecule has 0 atom stereocenters. The van der Waals surface area contributed by atoms with Crippen molar-refractivity contribution in [2.24, 2.45) is 17.1 Å². The minimum atomic E-state index is -0.105. The topological polar surface area (TPSA) is 55.1 Å². The number of carbonyl (C=O) groups is 1. The Morgan fingerprint density at radius 1 is 1.50 bits per heavy atom. The summed E-state index contributed by atoms with van der Waals surface area (Å²) in [6, 6.07) is 0. The van der Waals surface area contributed by atoms with E-state index in [1.54, 1.807) is 0 Å². The summed E-state index contributed by atoms with van der Waals surface area (Å²) in [6.45, 7) is 2.24. The number of piperidine rings is 1. The first-order valence-corrected chi connectivity index (χ1v) is 4.72. The number of hydrogen-bond donors (Lipinski definition) is 2. The van der Waals surface area contributed by atoms with Gasteiger partial charge < -0.3 is 11.1 Å². The molecule has 1 heterocycles. The van der Waals surface area contributed by atoms with Gasteiger partial charge in [-0.1, -0.05) is 0 Å². The maximum absolute atomic E-state index is 10.8. The van der Waals surface area contributed by atoms with Crippen LogP contribution in [0.1, 0.15) is 25.7 Å². The molecule has 1 aliphatic carbocycles. The van der Waals surface area contributed by atoms with E-state index in [9.17, 15) is 4.79 Å². The van der Waals surface area contributed by atoms with E-state index >= 15 is 0 Å². The molecule has 0 aromatic carbocycles. The van der Waals surface area contributed by atoms with Gasteiger partial charge in [0.05, 0.1) is 0 Å². The van der Waals surface area contributed by atoms with Crippen molar-refractivity contribution in [3.8, 4) is 0 Å². The molecule has 0 bridgehead atoms. The lowest BCUT2D eigenvalue weighted by Gasteiger charge is -2.49. The maximum atomic E-state index is 10.8. The van der Waals surface area contributed by atoms with Crippen LogP contribution in [0.2, 0.25) is 0 Å². The third-order valence-electron chi connectivity index (χ3n) is 3.32. The van der Waals surface area contributed by atoms with Gasteiger partial charge in [0.15, 0.2) is 0 Å². The lowest BCUT2D eigenvalue weighted by molar-refractivity contribution is -0.130. The van der Waals surface area contributed by atoms with Crippen molar-refractivity contribution in [2.75, 3.05) is 13.1 Å². The van der Waals surface area contributed by atoms with Gasteiger partial charge in [-0.2, -0.15) is 0 Å². The first-order chi connectivity index (χ1) is 5.72. The van der Waals surface area contributed by atoms with E-state index < -0.39 is 0 Å². The fourth-order valence-electron chi connectivity index (χ4n) is 2.57. The molecule has 68 valence electrons. The van der Waals surface area contributed by atoms with Crippen molar-refractivity contribution in [1.29, 1.82) is 0 Å². The highest BCUT2D eigenvalue weighted by atomic mass is 16.1. The SMILES string of the molecule is NC(=O)C1CC2(CCCNC2)C1. The predicted molar refractivity (Wildman–Crippen MR) is 46.5 cm³/mol. The van der Waals surface area contributed by atoms with Crippen LogP contribution in [0.4, 0.5) is 0 Å². The third kappa shape index (κ3) is 1.22. The average molecular weight is 168 g/mol. The summed E-state index contributed by atoms with van der Waals surface area (Å²) in [4.78, 5) is 10.8. The van der Waals surface area contributed by atoms with Gasteiger partial charge in [0.2, 0.25) is 5.91 Å². The van der Waals surface area contributed by atoms with Gasteiger partial charge in [-0.15, -0.1) is 0 Å². The molecule has 1 aliphatic heterocycles.